The Morgan fingerprint density at radius 1 is 1.46 bits per heavy atom. The highest BCUT2D eigenvalue weighted by Crippen LogP contribution is 2.40. The molecule has 3 aromatic heterocycles. The van der Waals surface area contributed by atoms with Gasteiger partial charge in [0.15, 0.2) is 29.8 Å². The molecule has 2 atom stereocenters. The number of aliphatic carboxylic acids is 1. The third-order valence-corrected chi connectivity index (χ3v) is 7.53. The number of nitrogens with two attached hydrogens (primary N) is 1. The number of rotatable bonds is 7. The number of anilines is 1. The fourth-order valence-corrected chi connectivity index (χ4v) is 5.85. The number of nitrogens with one attached hydrogen (secondary N) is 1. The predicted octanol–water partition coefficient (Wildman–Crippen LogP) is -0.786. The van der Waals surface area contributed by atoms with Gasteiger partial charge in [0, 0.05) is 22.8 Å². The van der Waals surface area contributed by atoms with E-state index in [1.54, 1.807) is 30.0 Å². The van der Waals surface area contributed by atoms with Gasteiger partial charge in [0.2, 0.25) is 0 Å². The number of furan rings is 1. The molecule has 2 amide bonds. The first kappa shape index (κ1) is 22.9. The van der Waals surface area contributed by atoms with Crippen molar-refractivity contribution in [2.75, 3.05) is 18.6 Å². The lowest BCUT2D eigenvalue weighted by Crippen LogP contribution is -2.71. The van der Waals surface area contributed by atoms with Gasteiger partial charge in [-0.25, -0.2) is 9.55 Å². The minimum Gasteiger partial charge on any atom is -0.543 e. The average Bonchev–Trinajstić information content (AvgIpc) is 3.48. The Balaban J connectivity index is 1.36. The van der Waals surface area contributed by atoms with Crippen LogP contribution in [-0.2, 0) is 25.8 Å². The number of hydrogen-bond donors (Lipinski definition) is 2. The number of fused-ring (bicyclic) bond motifs is 2. The van der Waals surface area contributed by atoms with Crippen molar-refractivity contribution in [3.63, 3.8) is 0 Å². The van der Waals surface area contributed by atoms with Gasteiger partial charge >= 0.3 is 0 Å². The second-order valence-corrected chi connectivity index (χ2v) is 9.65. The fraction of sp³-hybridized carbons (Fsp3) is 0.238. The van der Waals surface area contributed by atoms with Crippen molar-refractivity contribution in [1.82, 2.24) is 15.2 Å². The maximum Gasteiger partial charge on any atom is 0.276 e. The lowest BCUT2D eigenvalue weighted by Gasteiger charge is -2.50. The zero-order valence-electron chi connectivity index (χ0n) is 18.2. The molecule has 35 heavy (non-hydrogen) atoms. The van der Waals surface area contributed by atoms with Gasteiger partial charge in [-0.3, -0.25) is 14.5 Å². The second kappa shape index (κ2) is 9.03. The number of aromatic nitrogens is 2. The molecule has 3 N–H and O–H groups in total. The summed E-state index contributed by atoms with van der Waals surface area (Å²) >= 11 is 2.47. The molecule has 1 saturated heterocycles. The summed E-state index contributed by atoms with van der Waals surface area (Å²) in [5, 5.41) is 20.4. The van der Waals surface area contributed by atoms with Crippen LogP contribution in [0.2, 0.25) is 0 Å². The van der Waals surface area contributed by atoms with Gasteiger partial charge in [0.05, 0.1) is 23.3 Å². The zero-order chi connectivity index (χ0) is 24.7. The SMILES string of the molecule is CON=C(C(=O)NC1C(=O)N2C(C(=O)[O-])=C(C[n+]3ccc4occc4c3)CS[C@@H]12)c1csc(N)n1. The third kappa shape index (κ3) is 4.10. The Kier molecular flexibility index (Phi) is 5.90. The van der Waals surface area contributed by atoms with E-state index in [9.17, 15) is 19.5 Å². The maximum absolute atomic E-state index is 13.0. The quantitative estimate of drug-likeness (QED) is 0.178. The monoisotopic (exact) mass is 514 g/mol. The van der Waals surface area contributed by atoms with E-state index < -0.39 is 29.2 Å². The van der Waals surface area contributed by atoms with Gasteiger partial charge in [-0.05, 0) is 6.07 Å². The number of pyridine rings is 1. The van der Waals surface area contributed by atoms with E-state index in [1.807, 2.05) is 10.8 Å². The molecule has 2 aliphatic heterocycles. The first-order chi connectivity index (χ1) is 16.9. The number of hydrogen-bond acceptors (Lipinski definition) is 11. The van der Waals surface area contributed by atoms with Gasteiger partial charge in [-0.2, -0.15) is 0 Å². The number of oxime groups is 1. The Bertz CT molecular complexity index is 1410. The van der Waals surface area contributed by atoms with E-state index in [0.717, 1.165) is 21.6 Å². The van der Waals surface area contributed by atoms with Crippen LogP contribution in [0.15, 0.2) is 57.0 Å². The van der Waals surface area contributed by atoms with Gasteiger partial charge < -0.3 is 30.2 Å². The summed E-state index contributed by atoms with van der Waals surface area (Å²) in [7, 11) is 1.27. The number of carbonyl (C=O) groups excluding carboxylic acids is 3. The van der Waals surface area contributed by atoms with Gasteiger partial charge in [-0.1, -0.05) is 5.16 Å². The van der Waals surface area contributed by atoms with E-state index in [2.05, 4.69) is 15.5 Å². The molecule has 0 aliphatic carbocycles. The molecule has 0 bridgehead atoms. The molecule has 0 radical (unpaired) electrons. The van der Waals surface area contributed by atoms with Crippen LogP contribution >= 0.6 is 23.1 Å². The van der Waals surface area contributed by atoms with Crippen LogP contribution in [0, 0.1) is 0 Å². The molecular weight excluding hydrogens is 496 g/mol. The minimum absolute atomic E-state index is 0.144. The highest BCUT2D eigenvalue weighted by atomic mass is 32.2. The number of carbonyl (C=O) groups is 3. The topological polar surface area (TPSA) is 167 Å². The van der Waals surface area contributed by atoms with Crippen molar-refractivity contribution in [3.8, 4) is 0 Å². The van der Waals surface area contributed by atoms with Crippen LogP contribution in [0.25, 0.3) is 11.0 Å². The van der Waals surface area contributed by atoms with Crippen molar-refractivity contribution in [3.05, 3.63) is 53.1 Å². The fourth-order valence-electron chi connectivity index (χ4n) is 3.97. The first-order valence-corrected chi connectivity index (χ1v) is 12.2. The van der Waals surface area contributed by atoms with Crippen LogP contribution in [-0.4, -0.2) is 57.7 Å². The first-order valence-electron chi connectivity index (χ1n) is 10.2. The number of nitrogen functional groups attached to an aromatic ring is 1. The molecule has 12 nitrogen and oxygen atoms in total. The smallest absolute Gasteiger partial charge is 0.276 e. The lowest BCUT2D eigenvalue weighted by molar-refractivity contribution is -0.687. The third-order valence-electron chi connectivity index (χ3n) is 5.51. The Labute approximate surface area is 206 Å². The van der Waals surface area contributed by atoms with E-state index in [0.29, 0.717) is 16.9 Å². The molecule has 2 aliphatic rings. The van der Waals surface area contributed by atoms with Crippen LogP contribution < -0.4 is 20.7 Å². The van der Waals surface area contributed by atoms with Gasteiger partial charge in [-0.15, -0.1) is 23.1 Å². The highest BCUT2D eigenvalue weighted by Gasteiger charge is 2.53. The normalized spacial score (nSPS) is 20.0. The van der Waals surface area contributed by atoms with Crippen LogP contribution in [0.3, 0.4) is 0 Å². The van der Waals surface area contributed by atoms with E-state index in [-0.39, 0.29) is 28.8 Å². The van der Waals surface area contributed by atoms with Crippen molar-refractivity contribution in [1.29, 1.82) is 0 Å². The maximum atomic E-state index is 13.0. The minimum atomic E-state index is -1.45. The number of β-lactam (4-membered cyclic amide) rings is 1. The Morgan fingerprint density at radius 3 is 3.00 bits per heavy atom. The van der Waals surface area contributed by atoms with Gasteiger partial charge in [0.1, 0.15) is 29.8 Å². The molecule has 0 spiro atoms. The summed E-state index contributed by atoms with van der Waals surface area (Å²) < 4.78 is 7.15. The Morgan fingerprint density at radius 2 is 2.29 bits per heavy atom. The van der Waals surface area contributed by atoms with E-state index in [1.165, 1.54) is 18.9 Å². The standard InChI is InChI=1S/C21H18N6O6S2/c1-32-25-14(12-9-35-21(22)23-12)17(28)24-15-18(29)27-16(20(30)31)11(8-34-19(15)27)7-26-4-2-13-10(6-26)3-5-33-13/h2-6,9,15,19H,7-8H2,1H3,(H3-,22,23,24,28,30,31)/t15?,19-/m0/s1. The largest absolute Gasteiger partial charge is 0.543 e. The van der Waals surface area contributed by atoms with Crippen LogP contribution in [0.1, 0.15) is 5.69 Å². The Hall–Kier alpha value is -3.91. The summed E-state index contributed by atoms with van der Waals surface area (Å²) in [4.78, 5) is 47.8. The molecule has 5 heterocycles. The van der Waals surface area contributed by atoms with Crippen molar-refractivity contribution in [2.45, 2.75) is 18.0 Å². The number of thioether (sulfide) groups is 1. The van der Waals surface area contributed by atoms with Gasteiger partial charge in [0.25, 0.3) is 11.8 Å². The highest BCUT2D eigenvalue weighted by molar-refractivity contribution is 8.00. The average molecular weight is 515 g/mol. The molecule has 180 valence electrons. The van der Waals surface area contributed by atoms with Crippen molar-refractivity contribution in [2.24, 2.45) is 5.16 Å². The molecule has 0 saturated carbocycles. The van der Waals surface area contributed by atoms with E-state index in [4.69, 9.17) is 15.0 Å². The van der Waals surface area contributed by atoms with Crippen molar-refractivity contribution >= 4 is 62.7 Å². The summed E-state index contributed by atoms with van der Waals surface area (Å²) in [6, 6.07) is 2.64. The molecule has 5 rings (SSSR count). The predicted molar refractivity (Wildman–Crippen MR) is 124 cm³/mol. The molecule has 14 heteroatoms. The zero-order valence-corrected chi connectivity index (χ0v) is 19.8. The number of nitrogens with zero attached hydrogens (tertiary/aromatic N) is 4. The van der Waals surface area contributed by atoms with Crippen LogP contribution in [0.5, 0.6) is 0 Å². The molecule has 0 aromatic carbocycles. The number of carboxylic acids is 1. The summed E-state index contributed by atoms with van der Waals surface area (Å²) in [5.74, 6) is -2.36. The summed E-state index contributed by atoms with van der Waals surface area (Å²) in [5.41, 5.74) is 6.75. The molecule has 1 fully saturated rings. The number of amides is 2. The lowest BCUT2D eigenvalue weighted by atomic mass is 10.0. The second-order valence-electron chi connectivity index (χ2n) is 7.65. The summed E-state index contributed by atoms with van der Waals surface area (Å²) in [6.07, 6.45) is 5.17. The number of carboxylic acid groups (broad SMARTS) is 1. The van der Waals surface area contributed by atoms with E-state index >= 15 is 0 Å². The molecular formula is C21H18N6O6S2. The van der Waals surface area contributed by atoms with Crippen molar-refractivity contribution < 1.29 is 33.3 Å². The molecule has 3 aromatic rings. The molecule has 1 unspecified atom stereocenters. The summed E-state index contributed by atoms with van der Waals surface area (Å²) in [6.45, 7) is 0.251. The number of thiazole rings is 1. The van der Waals surface area contributed by atoms with Crippen LogP contribution in [0.4, 0.5) is 5.13 Å².